The van der Waals surface area contributed by atoms with Gasteiger partial charge in [-0.05, 0) is 64.4 Å². The lowest BCUT2D eigenvalue weighted by Gasteiger charge is -2.22. The minimum atomic E-state index is -0.489. The van der Waals surface area contributed by atoms with Gasteiger partial charge in [0, 0.05) is 5.57 Å². The molecule has 36 heavy (non-hydrogen) atoms. The van der Waals surface area contributed by atoms with Crippen LogP contribution in [0.2, 0.25) is 0 Å². The maximum absolute atomic E-state index is 11.6. The van der Waals surface area contributed by atoms with Crippen molar-refractivity contribution in [2.24, 2.45) is 0 Å². The van der Waals surface area contributed by atoms with Crippen LogP contribution in [0.25, 0.3) is 0 Å². The Balaban J connectivity index is 1.44. The normalized spacial score (nSPS) is 24.5. The maximum Gasteiger partial charge on any atom is 0.334 e. The Labute approximate surface area is 219 Å². The molecule has 0 amide bonds. The summed E-state index contributed by atoms with van der Waals surface area (Å²) in [4.78, 5) is 11.6. The largest absolute Gasteiger partial charge is 0.455 e. The zero-order valence-electron chi connectivity index (χ0n) is 23.0. The Morgan fingerprint density at radius 1 is 0.778 bits per heavy atom. The second kappa shape index (κ2) is 18.3. The van der Waals surface area contributed by atoms with Gasteiger partial charge in [-0.3, -0.25) is 0 Å². The molecule has 0 bridgehead atoms. The van der Waals surface area contributed by atoms with Crippen molar-refractivity contribution in [3.63, 3.8) is 0 Å². The molecule has 210 valence electrons. The maximum atomic E-state index is 11.6. The molecule has 0 saturated carbocycles. The standard InChI is InChI=1S/C30H54O6/c1-3-4-5-6-7-8-12-18-26(32)28-20-21-29(36-28)27(33)19-14-13-17-25(31)16-11-9-10-15-24-22-23(2)35-30(24)34/h22-23,25-29,31-33H,3-21H2,1-2H3/t23?,25?,26-,27-,28-,29-/m0/s1. The fourth-order valence-electron chi connectivity index (χ4n) is 5.50. The number of cyclic esters (lactones) is 1. The zero-order chi connectivity index (χ0) is 26.2. The molecule has 0 aliphatic carbocycles. The van der Waals surface area contributed by atoms with E-state index >= 15 is 0 Å². The van der Waals surface area contributed by atoms with E-state index in [-0.39, 0.29) is 30.4 Å². The van der Waals surface area contributed by atoms with Gasteiger partial charge in [-0.2, -0.15) is 0 Å². The summed E-state index contributed by atoms with van der Waals surface area (Å²) >= 11 is 0. The SMILES string of the molecule is CCCCCCCCC[C@H](O)[C@@H]1CC[C@@H]([C@@H](O)CCCCC(O)CCCCCC2=CC(C)OC2=O)O1. The van der Waals surface area contributed by atoms with E-state index in [0.29, 0.717) is 6.42 Å². The van der Waals surface area contributed by atoms with Crippen molar-refractivity contribution in [3.8, 4) is 0 Å². The number of unbranched alkanes of at least 4 members (excludes halogenated alkanes) is 9. The smallest absolute Gasteiger partial charge is 0.334 e. The van der Waals surface area contributed by atoms with Crippen LogP contribution in [0, 0.1) is 0 Å². The fraction of sp³-hybridized carbons (Fsp3) is 0.900. The molecule has 2 heterocycles. The third-order valence-electron chi connectivity index (χ3n) is 7.81. The average molecular weight is 511 g/mol. The molecule has 2 rings (SSSR count). The van der Waals surface area contributed by atoms with Gasteiger partial charge in [0.2, 0.25) is 0 Å². The number of rotatable bonds is 21. The van der Waals surface area contributed by atoms with Crippen molar-refractivity contribution < 1.29 is 29.6 Å². The van der Waals surface area contributed by atoms with E-state index in [4.69, 9.17) is 9.47 Å². The average Bonchev–Trinajstić information content (AvgIpc) is 3.47. The highest BCUT2D eigenvalue weighted by molar-refractivity contribution is 5.90. The molecule has 6 atom stereocenters. The second-order valence-electron chi connectivity index (χ2n) is 11.2. The summed E-state index contributed by atoms with van der Waals surface area (Å²) in [5.41, 5.74) is 0.793. The van der Waals surface area contributed by atoms with E-state index in [1.54, 1.807) is 0 Å². The van der Waals surface area contributed by atoms with Crippen molar-refractivity contribution in [2.45, 2.75) is 172 Å². The minimum absolute atomic E-state index is 0.0965. The van der Waals surface area contributed by atoms with Gasteiger partial charge < -0.3 is 24.8 Å². The molecule has 0 aromatic heterocycles. The summed E-state index contributed by atoms with van der Waals surface area (Å²) in [6.45, 7) is 4.11. The van der Waals surface area contributed by atoms with E-state index in [2.05, 4.69) is 6.92 Å². The number of carbonyl (C=O) groups is 1. The molecule has 2 aliphatic rings. The summed E-state index contributed by atoms with van der Waals surface area (Å²) < 4.78 is 11.1. The quantitative estimate of drug-likeness (QED) is 0.127. The van der Waals surface area contributed by atoms with Crippen molar-refractivity contribution in [2.75, 3.05) is 0 Å². The number of aliphatic hydroxyl groups excluding tert-OH is 3. The highest BCUT2D eigenvalue weighted by Crippen LogP contribution is 2.28. The van der Waals surface area contributed by atoms with Crippen LogP contribution in [-0.4, -0.2) is 57.9 Å². The first-order valence-electron chi connectivity index (χ1n) is 15.0. The van der Waals surface area contributed by atoms with Crippen LogP contribution in [0.1, 0.15) is 136 Å². The first-order chi connectivity index (χ1) is 17.4. The van der Waals surface area contributed by atoms with Crippen LogP contribution < -0.4 is 0 Å². The van der Waals surface area contributed by atoms with Crippen molar-refractivity contribution in [1.29, 1.82) is 0 Å². The predicted molar refractivity (Wildman–Crippen MR) is 144 cm³/mol. The number of aliphatic hydroxyl groups is 3. The third kappa shape index (κ3) is 12.5. The molecule has 0 spiro atoms. The molecule has 2 aliphatic heterocycles. The first kappa shape index (κ1) is 31.3. The van der Waals surface area contributed by atoms with Gasteiger partial charge in [0.15, 0.2) is 0 Å². The van der Waals surface area contributed by atoms with E-state index < -0.39 is 12.2 Å². The summed E-state index contributed by atoms with van der Waals surface area (Å²) in [6.07, 6.45) is 19.1. The van der Waals surface area contributed by atoms with Crippen molar-refractivity contribution in [1.82, 2.24) is 0 Å². The Kier molecular flexibility index (Phi) is 15.9. The van der Waals surface area contributed by atoms with Gasteiger partial charge in [-0.25, -0.2) is 4.79 Å². The van der Waals surface area contributed by atoms with Gasteiger partial charge in [0.1, 0.15) is 6.10 Å². The Bertz CT molecular complexity index is 621. The second-order valence-corrected chi connectivity index (χ2v) is 11.2. The molecule has 2 unspecified atom stereocenters. The van der Waals surface area contributed by atoms with Gasteiger partial charge in [0.25, 0.3) is 0 Å². The fourth-order valence-corrected chi connectivity index (χ4v) is 5.50. The number of carbonyl (C=O) groups excluding carboxylic acids is 1. The molecule has 0 radical (unpaired) electrons. The Morgan fingerprint density at radius 2 is 1.28 bits per heavy atom. The monoisotopic (exact) mass is 510 g/mol. The van der Waals surface area contributed by atoms with Gasteiger partial charge in [0.05, 0.1) is 30.5 Å². The Morgan fingerprint density at radius 3 is 1.86 bits per heavy atom. The number of esters is 1. The van der Waals surface area contributed by atoms with Crippen LogP contribution in [-0.2, 0) is 14.3 Å². The molecule has 6 heteroatoms. The van der Waals surface area contributed by atoms with Crippen LogP contribution >= 0.6 is 0 Å². The van der Waals surface area contributed by atoms with Crippen LogP contribution in [0.15, 0.2) is 11.6 Å². The highest BCUT2D eigenvalue weighted by Gasteiger charge is 2.34. The van der Waals surface area contributed by atoms with E-state index in [1.165, 1.54) is 38.5 Å². The van der Waals surface area contributed by atoms with E-state index in [1.807, 2.05) is 13.0 Å². The first-order valence-corrected chi connectivity index (χ1v) is 15.0. The van der Waals surface area contributed by atoms with E-state index in [0.717, 1.165) is 82.6 Å². The summed E-state index contributed by atoms with van der Waals surface area (Å²) in [5.74, 6) is -0.178. The van der Waals surface area contributed by atoms with Gasteiger partial charge in [-0.1, -0.05) is 77.6 Å². The van der Waals surface area contributed by atoms with Crippen molar-refractivity contribution >= 4 is 5.97 Å². The molecule has 0 aromatic carbocycles. The topological polar surface area (TPSA) is 96.2 Å². The lowest BCUT2D eigenvalue weighted by Crippen LogP contribution is -2.31. The number of ether oxygens (including phenoxy) is 2. The third-order valence-corrected chi connectivity index (χ3v) is 7.81. The lowest BCUT2D eigenvalue weighted by molar-refractivity contribution is -0.139. The van der Waals surface area contributed by atoms with Crippen LogP contribution in [0.4, 0.5) is 0 Å². The Hall–Kier alpha value is -0.950. The predicted octanol–water partition coefficient (Wildman–Crippen LogP) is 6.14. The van der Waals surface area contributed by atoms with E-state index in [9.17, 15) is 20.1 Å². The molecular formula is C30H54O6. The summed E-state index contributed by atoms with van der Waals surface area (Å²) in [6, 6.07) is 0. The van der Waals surface area contributed by atoms with Gasteiger partial charge >= 0.3 is 5.97 Å². The molecule has 1 saturated heterocycles. The molecular weight excluding hydrogens is 456 g/mol. The number of hydrogen-bond acceptors (Lipinski definition) is 6. The van der Waals surface area contributed by atoms with Crippen LogP contribution in [0.5, 0.6) is 0 Å². The minimum Gasteiger partial charge on any atom is -0.455 e. The zero-order valence-corrected chi connectivity index (χ0v) is 23.0. The molecule has 6 nitrogen and oxygen atoms in total. The van der Waals surface area contributed by atoms with Crippen LogP contribution in [0.3, 0.4) is 0 Å². The highest BCUT2D eigenvalue weighted by atomic mass is 16.5. The summed E-state index contributed by atoms with van der Waals surface area (Å²) in [7, 11) is 0. The lowest BCUT2D eigenvalue weighted by atomic mass is 9.99. The van der Waals surface area contributed by atoms with Gasteiger partial charge in [-0.15, -0.1) is 0 Å². The summed E-state index contributed by atoms with van der Waals surface area (Å²) in [5, 5.41) is 31.3. The van der Waals surface area contributed by atoms with Crippen molar-refractivity contribution in [3.05, 3.63) is 11.6 Å². The molecule has 0 aromatic rings. The number of hydrogen-bond donors (Lipinski definition) is 3. The molecule has 3 N–H and O–H groups in total. The molecule has 1 fully saturated rings.